The molecule has 1 aliphatic rings. The molecule has 0 saturated carbocycles. The zero-order valence-electron chi connectivity index (χ0n) is 15.5. The van der Waals surface area contributed by atoms with Gasteiger partial charge in [-0.25, -0.2) is 0 Å². The lowest BCUT2D eigenvalue weighted by atomic mass is 9.95. The highest BCUT2D eigenvalue weighted by Gasteiger charge is 2.35. The number of halogens is 1. The van der Waals surface area contributed by atoms with E-state index in [2.05, 4.69) is 22.3 Å². The second kappa shape index (κ2) is 7.78. The van der Waals surface area contributed by atoms with Crippen molar-refractivity contribution in [3.63, 3.8) is 0 Å². The van der Waals surface area contributed by atoms with Crippen molar-refractivity contribution < 1.29 is 4.79 Å². The van der Waals surface area contributed by atoms with Crippen molar-refractivity contribution in [1.82, 2.24) is 4.90 Å². The van der Waals surface area contributed by atoms with Crippen molar-refractivity contribution >= 4 is 23.2 Å². The SMILES string of the molecule is Cc1cc(C)c(NC(=O)C(C)N2C[C@@H](N)[C@H](c3ccccc3)C2)c(Cl)c1. The first-order valence-electron chi connectivity index (χ1n) is 8.99. The fourth-order valence-electron chi connectivity index (χ4n) is 3.70. The third-order valence-electron chi connectivity index (χ3n) is 5.23. The zero-order chi connectivity index (χ0) is 18.8. The van der Waals surface area contributed by atoms with Gasteiger partial charge in [0, 0.05) is 25.0 Å². The summed E-state index contributed by atoms with van der Waals surface area (Å²) in [5.74, 6) is 0.191. The van der Waals surface area contributed by atoms with E-state index in [1.165, 1.54) is 5.56 Å². The van der Waals surface area contributed by atoms with Crippen molar-refractivity contribution in [3.05, 3.63) is 64.2 Å². The average molecular weight is 372 g/mol. The topological polar surface area (TPSA) is 58.4 Å². The van der Waals surface area contributed by atoms with Gasteiger partial charge in [-0.15, -0.1) is 0 Å². The fourth-order valence-corrected chi connectivity index (χ4v) is 4.07. The summed E-state index contributed by atoms with van der Waals surface area (Å²) < 4.78 is 0. The minimum atomic E-state index is -0.272. The Morgan fingerprint density at radius 2 is 1.92 bits per heavy atom. The molecule has 1 amide bonds. The van der Waals surface area contributed by atoms with Crippen molar-refractivity contribution in [2.75, 3.05) is 18.4 Å². The molecule has 0 aromatic heterocycles. The maximum atomic E-state index is 12.8. The number of nitrogens with zero attached hydrogens (tertiary/aromatic N) is 1. The molecule has 26 heavy (non-hydrogen) atoms. The molecule has 1 heterocycles. The molecule has 2 aromatic rings. The maximum absolute atomic E-state index is 12.8. The van der Waals surface area contributed by atoms with Crippen LogP contribution >= 0.6 is 11.6 Å². The van der Waals surface area contributed by atoms with Gasteiger partial charge in [0.15, 0.2) is 0 Å². The highest BCUT2D eigenvalue weighted by molar-refractivity contribution is 6.34. The molecular formula is C21H26ClN3O. The maximum Gasteiger partial charge on any atom is 0.241 e. The number of likely N-dealkylation sites (tertiary alicyclic amines) is 1. The van der Waals surface area contributed by atoms with Gasteiger partial charge in [0.1, 0.15) is 0 Å². The Balaban J connectivity index is 1.70. The largest absolute Gasteiger partial charge is 0.326 e. The number of hydrogen-bond acceptors (Lipinski definition) is 3. The van der Waals surface area contributed by atoms with Crippen LogP contribution in [-0.4, -0.2) is 36.0 Å². The number of hydrogen-bond donors (Lipinski definition) is 2. The summed E-state index contributed by atoms with van der Waals surface area (Å²) in [5, 5.41) is 3.57. The van der Waals surface area contributed by atoms with E-state index in [1.807, 2.05) is 51.1 Å². The lowest BCUT2D eigenvalue weighted by Gasteiger charge is -2.24. The van der Waals surface area contributed by atoms with Gasteiger partial charge in [0.25, 0.3) is 0 Å². The first-order chi connectivity index (χ1) is 12.4. The summed E-state index contributed by atoms with van der Waals surface area (Å²) in [5.41, 5.74) is 10.3. The first kappa shape index (κ1) is 18.9. The monoisotopic (exact) mass is 371 g/mol. The normalized spacial score (nSPS) is 21.6. The van der Waals surface area contributed by atoms with Gasteiger partial charge >= 0.3 is 0 Å². The van der Waals surface area contributed by atoms with Crippen LogP contribution in [-0.2, 0) is 4.79 Å². The van der Waals surface area contributed by atoms with Crippen LogP contribution in [0.4, 0.5) is 5.69 Å². The number of aryl methyl sites for hydroxylation is 2. The third kappa shape index (κ3) is 3.93. The number of benzene rings is 2. The predicted octanol–water partition coefficient (Wildman–Crippen LogP) is 3.71. The van der Waals surface area contributed by atoms with Crippen LogP contribution < -0.4 is 11.1 Å². The highest BCUT2D eigenvalue weighted by atomic mass is 35.5. The number of nitrogens with two attached hydrogens (primary N) is 1. The number of carbonyl (C=O) groups is 1. The van der Waals surface area contributed by atoms with Crippen molar-refractivity contribution in [3.8, 4) is 0 Å². The molecule has 5 heteroatoms. The fraction of sp³-hybridized carbons (Fsp3) is 0.381. The molecule has 0 aliphatic carbocycles. The Hall–Kier alpha value is -1.88. The van der Waals surface area contributed by atoms with E-state index in [0.29, 0.717) is 17.3 Å². The summed E-state index contributed by atoms with van der Waals surface area (Å²) in [6.45, 7) is 7.35. The van der Waals surface area contributed by atoms with E-state index >= 15 is 0 Å². The first-order valence-corrected chi connectivity index (χ1v) is 9.36. The third-order valence-corrected chi connectivity index (χ3v) is 5.53. The molecule has 4 nitrogen and oxygen atoms in total. The Morgan fingerprint density at radius 1 is 1.23 bits per heavy atom. The molecule has 1 saturated heterocycles. The van der Waals surface area contributed by atoms with E-state index in [-0.39, 0.29) is 23.9 Å². The van der Waals surface area contributed by atoms with Crippen LogP contribution in [0.2, 0.25) is 5.02 Å². The van der Waals surface area contributed by atoms with E-state index < -0.39 is 0 Å². The second-order valence-electron chi connectivity index (χ2n) is 7.24. The van der Waals surface area contributed by atoms with Crippen molar-refractivity contribution in [2.24, 2.45) is 5.73 Å². The van der Waals surface area contributed by atoms with Crippen molar-refractivity contribution in [2.45, 2.75) is 38.8 Å². The number of carbonyl (C=O) groups excluding carboxylic acids is 1. The van der Waals surface area contributed by atoms with Crippen molar-refractivity contribution in [1.29, 1.82) is 0 Å². The Kier molecular flexibility index (Phi) is 5.66. The summed E-state index contributed by atoms with van der Waals surface area (Å²) in [6, 6.07) is 13.9. The molecule has 138 valence electrons. The zero-order valence-corrected chi connectivity index (χ0v) is 16.3. The van der Waals surface area contributed by atoms with Gasteiger partial charge < -0.3 is 11.1 Å². The Morgan fingerprint density at radius 3 is 2.58 bits per heavy atom. The van der Waals surface area contributed by atoms with Gasteiger partial charge in [-0.1, -0.05) is 48.0 Å². The number of anilines is 1. The van der Waals surface area contributed by atoms with Crippen LogP contribution in [0.1, 0.15) is 29.5 Å². The van der Waals surface area contributed by atoms with Gasteiger partial charge in [-0.3, -0.25) is 9.69 Å². The molecule has 2 aromatic carbocycles. The molecule has 1 fully saturated rings. The van der Waals surface area contributed by atoms with Gasteiger partial charge in [-0.05, 0) is 43.5 Å². The lowest BCUT2D eigenvalue weighted by molar-refractivity contribution is -0.120. The smallest absolute Gasteiger partial charge is 0.241 e. The van der Waals surface area contributed by atoms with E-state index in [0.717, 1.165) is 17.7 Å². The van der Waals surface area contributed by atoms with Crippen LogP contribution in [0, 0.1) is 13.8 Å². The Labute approximate surface area is 160 Å². The Bertz CT molecular complexity index is 770. The molecular weight excluding hydrogens is 346 g/mol. The van der Waals surface area contributed by atoms with Crippen LogP contribution in [0.3, 0.4) is 0 Å². The minimum absolute atomic E-state index is 0.0253. The standard InChI is InChI=1S/C21H26ClN3O/c1-13-9-14(2)20(18(22)10-13)24-21(26)15(3)25-11-17(19(23)12-25)16-7-5-4-6-8-16/h4-10,15,17,19H,11-12,23H2,1-3H3,(H,24,26)/t15?,17-,19+/m0/s1. The second-order valence-corrected chi connectivity index (χ2v) is 7.65. The molecule has 3 rings (SSSR count). The average Bonchev–Trinajstić information content (AvgIpc) is 2.99. The predicted molar refractivity (Wildman–Crippen MR) is 108 cm³/mol. The summed E-state index contributed by atoms with van der Waals surface area (Å²) >= 11 is 6.32. The molecule has 1 aliphatic heterocycles. The number of nitrogens with one attached hydrogen (secondary N) is 1. The summed E-state index contributed by atoms with van der Waals surface area (Å²) in [6.07, 6.45) is 0. The minimum Gasteiger partial charge on any atom is -0.326 e. The van der Waals surface area contributed by atoms with E-state index in [9.17, 15) is 4.79 Å². The van der Waals surface area contributed by atoms with Crippen LogP contribution in [0.5, 0.6) is 0 Å². The number of amides is 1. The van der Waals surface area contributed by atoms with Crippen LogP contribution in [0.15, 0.2) is 42.5 Å². The lowest BCUT2D eigenvalue weighted by Crippen LogP contribution is -2.42. The van der Waals surface area contributed by atoms with Gasteiger partial charge in [-0.2, -0.15) is 0 Å². The molecule has 0 spiro atoms. The summed E-state index contributed by atoms with van der Waals surface area (Å²) in [7, 11) is 0. The molecule has 1 unspecified atom stereocenters. The van der Waals surface area contributed by atoms with E-state index in [1.54, 1.807) is 0 Å². The molecule has 3 atom stereocenters. The number of rotatable bonds is 4. The molecule has 3 N–H and O–H groups in total. The molecule has 0 bridgehead atoms. The summed E-state index contributed by atoms with van der Waals surface area (Å²) in [4.78, 5) is 14.9. The quantitative estimate of drug-likeness (QED) is 0.861. The van der Waals surface area contributed by atoms with Crippen LogP contribution in [0.25, 0.3) is 0 Å². The van der Waals surface area contributed by atoms with E-state index in [4.69, 9.17) is 17.3 Å². The van der Waals surface area contributed by atoms with Gasteiger partial charge in [0.2, 0.25) is 5.91 Å². The molecule has 0 radical (unpaired) electrons. The van der Waals surface area contributed by atoms with Gasteiger partial charge in [0.05, 0.1) is 16.8 Å². The highest BCUT2D eigenvalue weighted by Crippen LogP contribution is 2.30.